The molecule has 0 amide bonds. The van der Waals surface area contributed by atoms with E-state index in [1.165, 1.54) is 11.8 Å². The topological polar surface area (TPSA) is 34.1 Å². The summed E-state index contributed by atoms with van der Waals surface area (Å²) in [6.07, 6.45) is 3.29. The third kappa shape index (κ3) is 3.97. The molecule has 0 heterocycles. The van der Waals surface area contributed by atoms with E-state index >= 15 is 0 Å². The van der Waals surface area contributed by atoms with Crippen LogP contribution in [0.4, 0.5) is 0 Å². The van der Waals surface area contributed by atoms with Gasteiger partial charge in [-0.05, 0) is 30.5 Å². The smallest absolute Gasteiger partial charge is 0.185 e. The van der Waals surface area contributed by atoms with Crippen LogP contribution in [0.1, 0.15) is 47.7 Å². The van der Waals surface area contributed by atoms with Crippen molar-refractivity contribution in [2.45, 2.75) is 32.6 Å². The summed E-state index contributed by atoms with van der Waals surface area (Å²) in [4.78, 5) is 22.6. The van der Waals surface area contributed by atoms with Gasteiger partial charge in [-0.1, -0.05) is 29.7 Å². The van der Waals surface area contributed by atoms with E-state index in [0.717, 1.165) is 35.3 Å². The molecule has 0 radical (unpaired) electrons. The van der Waals surface area contributed by atoms with Crippen LogP contribution in [-0.2, 0) is 11.2 Å². The molecule has 1 aliphatic carbocycles. The second kappa shape index (κ2) is 6.58. The predicted molar refractivity (Wildman–Crippen MR) is 78.3 cm³/mol. The Balaban J connectivity index is 2.02. The molecule has 0 spiro atoms. The van der Waals surface area contributed by atoms with Crippen molar-refractivity contribution < 1.29 is 9.59 Å². The number of fused-ring (bicyclic) bond motifs is 1. The fourth-order valence-electron chi connectivity index (χ4n) is 2.12. The van der Waals surface area contributed by atoms with E-state index < -0.39 is 0 Å². The number of thioether (sulfide) groups is 1. The van der Waals surface area contributed by atoms with E-state index in [-0.39, 0.29) is 10.9 Å². The molecular formula is C16H16O2S. The lowest BCUT2D eigenvalue weighted by Crippen LogP contribution is -2.10. The van der Waals surface area contributed by atoms with E-state index in [1.54, 1.807) is 6.92 Å². The van der Waals surface area contributed by atoms with Crippen molar-refractivity contribution in [2.75, 3.05) is 5.75 Å². The summed E-state index contributed by atoms with van der Waals surface area (Å²) >= 11 is 1.29. The number of ketones is 1. The fraction of sp³-hybridized carbons (Fsp3) is 0.375. The zero-order chi connectivity index (χ0) is 13.7. The fourth-order valence-corrected chi connectivity index (χ4v) is 2.61. The van der Waals surface area contributed by atoms with Crippen molar-refractivity contribution in [3.63, 3.8) is 0 Å². The van der Waals surface area contributed by atoms with Crippen LogP contribution in [0, 0.1) is 11.8 Å². The van der Waals surface area contributed by atoms with Gasteiger partial charge < -0.3 is 0 Å². The van der Waals surface area contributed by atoms with Gasteiger partial charge in [0, 0.05) is 36.6 Å². The SMILES string of the molecule is CC(=O)SCCC#Cc1ccc2c(c1)C(=O)CCC2. The number of rotatable bonds is 2. The summed E-state index contributed by atoms with van der Waals surface area (Å²) in [6, 6.07) is 5.89. The van der Waals surface area contributed by atoms with Gasteiger partial charge in [-0.2, -0.15) is 0 Å². The van der Waals surface area contributed by atoms with Crippen LogP contribution in [0.2, 0.25) is 0 Å². The largest absolute Gasteiger partial charge is 0.294 e. The van der Waals surface area contributed by atoms with E-state index in [4.69, 9.17) is 0 Å². The Bertz CT molecular complexity index is 564. The zero-order valence-corrected chi connectivity index (χ0v) is 11.8. The highest BCUT2D eigenvalue weighted by Gasteiger charge is 2.16. The monoisotopic (exact) mass is 272 g/mol. The van der Waals surface area contributed by atoms with E-state index in [2.05, 4.69) is 11.8 Å². The molecule has 98 valence electrons. The third-order valence-corrected chi connectivity index (χ3v) is 3.84. The molecule has 19 heavy (non-hydrogen) atoms. The minimum Gasteiger partial charge on any atom is -0.294 e. The normalized spacial score (nSPS) is 13.4. The summed E-state index contributed by atoms with van der Waals surface area (Å²) in [5.74, 6) is 7.07. The Hall–Kier alpha value is -1.53. The summed E-state index contributed by atoms with van der Waals surface area (Å²) in [5, 5.41) is 0.126. The molecule has 1 aromatic rings. The van der Waals surface area contributed by atoms with Crippen LogP contribution in [0.3, 0.4) is 0 Å². The minimum atomic E-state index is 0.126. The van der Waals surface area contributed by atoms with Gasteiger partial charge in [0.15, 0.2) is 10.9 Å². The lowest BCUT2D eigenvalue weighted by atomic mass is 9.89. The van der Waals surface area contributed by atoms with Crippen LogP contribution < -0.4 is 0 Å². The maximum Gasteiger partial charge on any atom is 0.185 e. The van der Waals surface area contributed by atoms with Crippen molar-refractivity contribution in [1.29, 1.82) is 0 Å². The highest BCUT2D eigenvalue weighted by Crippen LogP contribution is 2.22. The van der Waals surface area contributed by atoms with Crippen molar-refractivity contribution in [3.05, 3.63) is 34.9 Å². The molecule has 0 N–H and O–H groups in total. The van der Waals surface area contributed by atoms with Crippen LogP contribution in [0.15, 0.2) is 18.2 Å². The van der Waals surface area contributed by atoms with Gasteiger partial charge in [0.1, 0.15) is 0 Å². The third-order valence-electron chi connectivity index (χ3n) is 3.03. The maximum absolute atomic E-state index is 11.8. The number of carbonyl (C=O) groups is 2. The minimum absolute atomic E-state index is 0.126. The first-order valence-corrected chi connectivity index (χ1v) is 7.44. The molecule has 0 fully saturated rings. The molecule has 0 saturated heterocycles. The molecule has 0 atom stereocenters. The average molecular weight is 272 g/mol. The summed E-state index contributed by atoms with van der Waals surface area (Å²) in [6.45, 7) is 1.56. The van der Waals surface area contributed by atoms with E-state index in [0.29, 0.717) is 12.8 Å². The molecule has 2 nitrogen and oxygen atoms in total. The second-order valence-corrected chi connectivity index (χ2v) is 5.81. The van der Waals surface area contributed by atoms with Crippen LogP contribution in [-0.4, -0.2) is 16.7 Å². The van der Waals surface area contributed by atoms with E-state index in [1.807, 2.05) is 18.2 Å². The number of benzene rings is 1. The molecule has 0 aromatic heterocycles. The van der Waals surface area contributed by atoms with Crippen LogP contribution >= 0.6 is 11.8 Å². The predicted octanol–water partition coefficient (Wildman–Crippen LogP) is 3.23. The Morgan fingerprint density at radius 3 is 3.00 bits per heavy atom. The molecule has 2 rings (SSSR count). The van der Waals surface area contributed by atoms with Gasteiger partial charge in [0.25, 0.3) is 0 Å². The highest BCUT2D eigenvalue weighted by molar-refractivity contribution is 8.13. The number of hydrogen-bond acceptors (Lipinski definition) is 3. The molecule has 0 unspecified atom stereocenters. The van der Waals surface area contributed by atoms with Gasteiger partial charge in [-0.15, -0.1) is 0 Å². The molecule has 1 aliphatic rings. The Morgan fingerprint density at radius 1 is 1.37 bits per heavy atom. The lowest BCUT2D eigenvalue weighted by Gasteiger charge is -2.14. The summed E-state index contributed by atoms with van der Waals surface area (Å²) in [5.41, 5.74) is 2.88. The van der Waals surface area contributed by atoms with Crippen molar-refractivity contribution in [3.8, 4) is 11.8 Å². The van der Waals surface area contributed by atoms with Crippen molar-refractivity contribution in [2.24, 2.45) is 0 Å². The standard InChI is InChI=1S/C16H16O2S/c1-12(17)19-10-3-2-5-13-8-9-14-6-4-7-16(18)15(14)11-13/h8-9,11H,3-4,6-7,10H2,1H3. The molecule has 1 aromatic carbocycles. The number of Topliss-reactive ketones (excluding diaryl/α,β-unsaturated/α-hetero) is 1. The molecular weight excluding hydrogens is 256 g/mol. The quantitative estimate of drug-likeness (QED) is 0.612. The van der Waals surface area contributed by atoms with E-state index in [9.17, 15) is 9.59 Å². The molecule has 3 heteroatoms. The van der Waals surface area contributed by atoms with Gasteiger partial charge in [0.05, 0.1) is 0 Å². The molecule has 0 aliphatic heterocycles. The lowest BCUT2D eigenvalue weighted by molar-refractivity contribution is -0.109. The maximum atomic E-state index is 11.8. The van der Waals surface area contributed by atoms with Gasteiger partial charge >= 0.3 is 0 Å². The van der Waals surface area contributed by atoms with Crippen LogP contribution in [0.25, 0.3) is 0 Å². The van der Waals surface area contributed by atoms with Crippen molar-refractivity contribution in [1.82, 2.24) is 0 Å². The Labute approximate surface area is 118 Å². The first-order chi connectivity index (χ1) is 9.16. The number of carbonyl (C=O) groups excluding carboxylic acids is 2. The van der Waals surface area contributed by atoms with Crippen LogP contribution in [0.5, 0.6) is 0 Å². The second-order valence-electron chi connectivity index (χ2n) is 4.54. The molecule has 0 bridgehead atoms. The summed E-state index contributed by atoms with van der Waals surface area (Å²) in [7, 11) is 0. The Kier molecular flexibility index (Phi) is 4.81. The average Bonchev–Trinajstić information content (AvgIpc) is 2.39. The Morgan fingerprint density at radius 2 is 2.21 bits per heavy atom. The number of aryl methyl sites for hydroxylation is 1. The van der Waals surface area contributed by atoms with Gasteiger partial charge in [-0.3, -0.25) is 9.59 Å². The van der Waals surface area contributed by atoms with Gasteiger partial charge in [-0.25, -0.2) is 0 Å². The van der Waals surface area contributed by atoms with Crippen molar-refractivity contribution >= 4 is 22.7 Å². The first-order valence-electron chi connectivity index (χ1n) is 6.45. The summed E-state index contributed by atoms with van der Waals surface area (Å²) < 4.78 is 0. The number of hydrogen-bond donors (Lipinski definition) is 0. The zero-order valence-electron chi connectivity index (χ0n) is 11.0. The molecule has 0 saturated carbocycles. The highest BCUT2D eigenvalue weighted by atomic mass is 32.2. The van der Waals surface area contributed by atoms with Gasteiger partial charge in [0.2, 0.25) is 0 Å². The first kappa shape index (κ1) is 13.9.